The summed E-state index contributed by atoms with van der Waals surface area (Å²) < 4.78 is 19.2. The number of aryl methyl sites for hydroxylation is 1. The Morgan fingerprint density at radius 2 is 1.57 bits per heavy atom. The lowest BCUT2D eigenvalue weighted by Gasteiger charge is -2.43. The molecule has 0 radical (unpaired) electrons. The van der Waals surface area contributed by atoms with E-state index in [0.29, 0.717) is 34.5 Å². The molecule has 5 fully saturated rings. The van der Waals surface area contributed by atoms with Gasteiger partial charge >= 0.3 is 0 Å². The molecule has 76 heavy (non-hydrogen) atoms. The Kier molecular flexibility index (Phi) is 14.9. The van der Waals surface area contributed by atoms with Crippen LogP contribution >= 0.6 is 11.3 Å². The van der Waals surface area contributed by atoms with Gasteiger partial charge in [0.05, 0.1) is 51.8 Å². The standard InChI is InChI=1S/C57H69N11O7S/c1-33(2)53(57(72)67-31-41(69)26-48(67)56(71)61-34(3)36-9-11-37(12-10-36)54-35(4)60-32-76-54)50-28-51(64-75-50)65-23-20-44(21-24-65)73-42-15-17-43(18-16-42)74-52-25-38(19-22-59-52)68-39-13-14-40(68)30-66(29-39)47-27-46(62-63-55(47)58)45-7-5-6-8-49(45)70/h5-12,19,22,25,27-28,32-34,39-44,48,53,69-70H,13-18,20-21,23-24,26,29-31H2,1-4H3,(H2,58,63)(H,61,71)/t34-,39?,40?,41+,42-,43-,48-,53-/m0/s1. The van der Waals surface area contributed by atoms with Crippen LogP contribution in [0.1, 0.15) is 108 Å². The minimum Gasteiger partial charge on any atom is -0.507 e. The van der Waals surface area contributed by atoms with E-state index in [1.807, 2.05) is 87.9 Å². The molecule has 400 valence electrons. The van der Waals surface area contributed by atoms with Crippen molar-refractivity contribution < 1.29 is 33.8 Å². The molecule has 2 aromatic carbocycles. The zero-order valence-electron chi connectivity index (χ0n) is 43.7. The fourth-order valence-corrected chi connectivity index (χ4v) is 13.1. The molecule has 4 saturated heterocycles. The van der Waals surface area contributed by atoms with Gasteiger partial charge in [0.1, 0.15) is 23.8 Å². The van der Waals surface area contributed by atoms with E-state index in [4.69, 9.17) is 19.7 Å². The number of thiazole rings is 1. The average Bonchev–Trinajstić information content (AvgIpc) is 4.25. The fourth-order valence-electron chi connectivity index (χ4n) is 12.3. The highest BCUT2D eigenvalue weighted by atomic mass is 32.1. The number of nitrogens with zero attached hydrogens (tertiary/aromatic N) is 9. The van der Waals surface area contributed by atoms with E-state index in [9.17, 15) is 19.8 Å². The van der Waals surface area contributed by atoms with Gasteiger partial charge in [-0.3, -0.25) is 9.59 Å². The first kappa shape index (κ1) is 51.3. The summed E-state index contributed by atoms with van der Waals surface area (Å²) in [6, 6.07) is 22.7. The number of anilines is 4. The number of carbonyl (C=O) groups excluding carboxylic acids is 2. The number of phenolic OH excluding ortho intramolecular Hbond substituents is 1. The number of ether oxygens (including phenoxy) is 2. The minimum absolute atomic E-state index is 0.0667. The van der Waals surface area contributed by atoms with Gasteiger partial charge in [-0.25, -0.2) is 9.97 Å². The van der Waals surface area contributed by atoms with E-state index < -0.39 is 18.1 Å². The number of amides is 2. The number of aromatic hydroxyl groups is 1. The Morgan fingerprint density at radius 3 is 2.28 bits per heavy atom. The van der Waals surface area contributed by atoms with Gasteiger partial charge < -0.3 is 54.9 Å². The summed E-state index contributed by atoms with van der Waals surface area (Å²) in [5.41, 5.74) is 14.4. The van der Waals surface area contributed by atoms with Crippen LogP contribution in [0.4, 0.5) is 23.0 Å². The van der Waals surface area contributed by atoms with Crippen molar-refractivity contribution in [2.75, 3.05) is 53.2 Å². The third-order valence-electron chi connectivity index (χ3n) is 16.3. The SMILES string of the molecule is Cc1ncsc1-c1ccc([C@H](C)NC(=O)[C@@H]2C[C@@H](O)CN2C(=O)[C@H](c2cc(N3CCC(O[C@H]4CC[C@H](Oc5cc(N6C7CCC6CN(c6cc(-c8ccccc8O)nnc6N)C7)ccn5)CC4)CC3)no2)C(C)C)cc1. The molecule has 2 amide bonds. The average molecular weight is 1050 g/mol. The van der Waals surface area contributed by atoms with Crippen LogP contribution in [0.25, 0.3) is 21.7 Å². The maximum absolute atomic E-state index is 14.4. The topological polar surface area (TPSA) is 222 Å². The van der Waals surface area contributed by atoms with Gasteiger partial charge in [0, 0.05) is 80.8 Å². The molecule has 0 spiro atoms. The summed E-state index contributed by atoms with van der Waals surface area (Å²) in [5, 5.41) is 37.4. The van der Waals surface area contributed by atoms with Crippen LogP contribution in [0.3, 0.4) is 0 Å². The Labute approximate surface area is 447 Å². The second-order valence-electron chi connectivity index (χ2n) is 21.7. The first-order chi connectivity index (χ1) is 36.8. The molecular weight excluding hydrogens is 983 g/mol. The van der Waals surface area contributed by atoms with Crippen LogP contribution in [-0.2, 0) is 14.3 Å². The van der Waals surface area contributed by atoms with E-state index in [1.54, 1.807) is 23.5 Å². The van der Waals surface area contributed by atoms with Gasteiger partial charge in [-0.2, -0.15) is 0 Å². The Morgan fingerprint density at radius 1 is 0.842 bits per heavy atom. The summed E-state index contributed by atoms with van der Waals surface area (Å²) in [6.07, 6.45) is 9.04. The summed E-state index contributed by atoms with van der Waals surface area (Å²) >= 11 is 1.60. The van der Waals surface area contributed by atoms with E-state index in [2.05, 4.69) is 57.5 Å². The highest BCUT2D eigenvalue weighted by molar-refractivity contribution is 7.13. The number of nitrogens with two attached hydrogens (primary N) is 1. The van der Waals surface area contributed by atoms with Gasteiger partial charge in [-0.1, -0.05) is 55.4 Å². The number of hydrogen-bond acceptors (Lipinski definition) is 17. The second kappa shape index (κ2) is 22.0. The minimum atomic E-state index is -0.814. The predicted molar refractivity (Wildman–Crippen MR) is 291 cm³/mol. The number of piperazine rings is 1. The van der Waals surface area contributed by atoms with E-state index in [0.717, 1.165) is 111 Å². The maximum atomic E-state index is 14.4. The number of benzene rings is 2. The van der Waals surface area contributed by atoms with Gasteiger partial charge in [0.2, 0.25) is 17.7 Å². The van der Waals surface area contributed by atoms with Crippen LogP contribution in [0.5, 0.6) is 11.6 Å². The molecule has 18 nitrogen and oxygen atoms in total. The van der Waals surface area contributed by atoms with Crippen molar-refractivity contribution >= 4 is 46.2 Å². The van der Waals surface area contributed by atoms with Gasteiger partial charge in [0.25, 0.3) is 0 Å². The number of aliphatic hydroxyl groups excluding tert-OH is 1. The van der Waals surface area contributed by atoms with E-state index in [1.165, 1.54) is 4.90 Å². The summed E-state index contributed by atoms with van der Waals surface area (Å²) in [7, 11) is 0. The molecule has 4 aliphatic heterocycles. The zero-order valence-corrected chi connectivity index (χ0v) is 44.5. The van der Waals surface area contributed by atoms with Gasteiger partial charge in [-0.15, -0.1) is 21.5 Å². The molecule has 4 aromatic heterocycles. The maximum Gasteiger partial charge on any atom is 0.243 e. The molecule has 1 aliphatic carbocycles. The zero-order chi connectivity index (χ0) is 52.6. The summed E-state index contributed by atoms with van der Waals surface area (Å²) in [5.74, 6) is 0.959. The summed E-state index contributed by atoms with van der Waals surface area (Å²) in [4.78, 5) is 46.9. The lowest BCUT2D eigenvalue weighted by atomic mass is 9.91. The number of aromatic nitrogens is 5. The van der Waals surface area contributed by atoms with Crippen LogP contribution in [0, 0.1) is 12.8 Å². The highest BCUT2D eigenvalue weighted by Crippen LogP contribution is 2.41. The Bertz CT molecular complexity index is 2980. The molecule has 11 rings (SSSR count). The number of rotatable bonds is 15. The van der Waals surface area contributed by atoms with Crippen molar-refractivity contribution in [3.63, 3.8) is 0 Å². The molecule has 6 aromatic rings. The fraction of sp³-hybridized carbons (Fsp3) is 0.491. The molecular formula is C57H69N11O7S. The number of aliphatic hydroxyl groups is 1. The van der Waals surface area contributed by atoms with Crippen molar-refractivity contribution in [1.82, 2.24) is 35.5 Å². The number of fused-ring (bicyclic) bond motifs is 2. The van der Waals surface area contributed by atoms with Crippen LogP contribution in [0.15, 0.2) is 89.0 Å². The third kappa shape index (κ3) is 10.8. The number of hydrogen-bond donors (Lipinski definition) is 4. The molecule has 2 bridgehead atoms. The molecule has 2 unspecified atom stereocenters. The predicted octanol–water partition coefficient (Wildman–Crippen LogP) is 8.06. The number of nitrogens with one attached hydrogen (secondary N) is 1. The second-order valence-corrected chi connectivity index (χ2v) is 22.6. The highest BCUT2D eigenvalue weighted by Gasteiger charge is 2.44. The van der Waals surface area contributed by atoms with Crippen LogP contribution in [-0.4, -0.2) is 128 Å². The van der Waals surface area contributed by atoms with Gasteiger partial charge in [0.15, 0.2) is 17.4 Å². The lowest BCUT2D eigenvalue weighted by molar-refractivity contribution is -0.141. The van der Waals surface area contributed by atoms with E-state index in [-0.39, 0.29) is 72.9 Å². The van der Waals surface area contributed by atoms with Crippen molar-refractivity contribution in [3.05, 3.63) is 102 Å². The molecule has 1 saturated carbocycles. The number of phenols is 1. The number of para-hydroxylation sites is 1. The third-order valence-corrected chi connectivity index (χ3v) is 17.3. The van der Waals surface area contributed by atoms with Crippen LogP contribution in [0.2, 0.25) is 0 Å². The quantitative estimate of drug-likeness (QED) is 0.0764. The van der Waals surface area contributed by atoms with Crippen molar-refractivity contribution in [3.8, 4) is 33.3 Å². The molecule has 19 heteroatoms. The first-order valence-electron chi connectivity index (χ1n) is 27.1. The molecule has 5 aliphatic rings. The number of piperidine rings is 1. The van der Waals surface area contributed by atoms with Crippen molar-refractivity contribution in [2.24, 2.45) is 5.92 Å². The normalized spacial score (nSPS) is 23.8. The Balaban J connectivity index is 0.638. The molecule has 5 N–H and O–H groups in total. The first-order valence-corrected chi connectivity index (χ1v) is 27.9. The van der Waals surface area contributed by atoms with Crippen LogP contribution < -0.4 is 30.5 Å². The smallest absolute Gasteiger partial charge is 0.243 e. The van der Waals surface area contributed by atoms with Gasteiger partial charge in [-0.05, 0) is 107 Å². The van der Waals surface area contributed by atoms with E-state index >= 15 is 0 Å². The van der Waals surface area contributed by atoms with Crippen molar-refractivity contribution in [2.45, 2.75) is 140 Å². The number of pyridine rings is 1. The van der Waals surface area contributed by atoms with Crippen molar-refractivity contribution in [1.29, 1.82) is 0 Å². The number of likely N-dealkylation sites (tertiary alicyclic amines) is 1. The molecule has 8 heterocycles. The summed E-state index contributed by atoms with van der Waals surface area (Å²) in [6.45, 7) is 11.0. The largest absolute Gasteiger partial charge is 0.507 e. The number of nitrogen functional groups attached to an aromatic ring is 1. The lowest BCUT2D eigenvalue weighted by Crippen LogP contribution is -2.54. The number of carbonyl (C=O) groups is 2. The Hall–Kier alpha value is -6.83. The number of β-amino-alcohol motifs (C(OH)–C–C–N with tert-alkyl or cyclic N) is 1. The monoisotopic (exact) mass is 1050 g/mol. The molecule has 6 atom stereocenters.